The second-order valence-corrected chi connectivity index (χ2v) is 17.6. The lowest BCUT2D eigenvalue weighted by Gasteiger charge is -2.30. The van der Waals surface area contributed by atoms with E-state index >= 15 is 4.39 Å². The average Bonchev–Trinajstić information content (AvgIpc) is 3.73. The molecule has 17 nitrogen and oxygen atoms in total. The first-order valence-electron chi connectivity index (χ1n) is 18.4. The highest BCUT2D eigenvalue weighted by Gasteiger charge is 2.49. The number of nitrogens with one attached hydrogen (secondary N) is 1. The van der Waals surface area contributed by atoms with Gasteiger partial charge in [0.05, 0.1) is 12.9 Å². The number of fused-ring (bicyclic) bond motifs is 2. The molecule has 0 spiro atoms. The van der Waals surface area contributed by atoms with Crippen molar-refractivity contribution in [1.29, 1.82) is 0 Å². The molecule has 3 aromatic carbocycles. The van der Waals surface area contributed by atoms with E-state index in [1.807, 2.05) is 26.0 Å². The summed E-state index contributed by atoms with van der Waals surface area (Å²) < 4.78 is 73.3. The van der Waals surface area contributed by atoms with Crippen molar-refractivity contribution in [2.24, 2.45) is 0 Å². The van der Waals surface area contributed by atoms with E-state index in [1.165, 1.54) is 13.8 Å². The molecule has 21 heteroatoms. The Labute approximate surface area is 338 Å². The summed E-state index contributed by atoms with van der Waals surface area (Å²) in [6, 6.07) is 19.6. The highest BCUT2D eigenvalue weighted by Crippen LogP contribution is 2.62. The predicted molar refractivity (Wildman–Crippen MR) is 214 cm³/mol. The number of esters is 1. The molecule has 0 saturated carbocycles. The van der Waals surface area contributed by atoms with Crippen molar-refractivity contribution in [3.8, 4) is 5.75 Å². The normalized spacial score (nSPS) is 20.6. The largest absolute Gasteiger partial charge is 0.481 e. The second kappa shape index (κ2) is 18.1. The third-order valence-corrected chi connectivity index (χ3v) is 13.1. The lowest BCUT2D eigenvalue weighted by molar-refractivity contribution is -0.151. The summed E-state index contributed by atoms with van der Waals surface area (Å²) in [5, 5.41) is 14.3. The van der Waals surface area contributed by atoms with Gasteiger partial charge in [0.15, 0.2) is 23.9 Å². The number of aromatic nitrogens is 4. The molecule has 1 aliphatic heterocycles. The lowest BCUT2D eigenvalue weighted by Crippen LogP contribution is -2.46. The smallest absolute Gasteiger partial charge is 0.459 e. The number of nitrogens with zero attached hydrogens (tertiary/aromatic N) is 5. The number of rotatable bonds is 18. The number of benzene rings is 3. The molecule has 0 bridgehead atoms. The van der Waals surface area contributed by atoms with Crippen LogP contribution in [0.1, 0.15) is 45.0 Å². The van der Waals surface area contributed by atoms with Crippen LogP contribution in [-0.4, -0.2) is 90.5 Å². The molecule has 3 unspecified atom stereocenters. The molecule has 1 aliphatic rings. The number of imidazole rings is 1. The van der Waals surface area contributed by atoms with E-state index in [1.54, 1.807) is 54.6 Å². The van der Waals surface area contributed by atoms with Crippen LogP contribution in [0.5, 0.6) is 5.75 Å². The van der Waals surface area contributed by atoms with E-state index in [-0.39, 0.29) is 34.6 Å². The molecule has 0 radical (unpaired) electrons. The fraction of sp³-hybridized carbons (Fsp3) is 0.405. The van der Waals surface area contributed by atoms with E-state index in [0.29, 0.717) is 34.9 Å². The molecule has 1 fully saturated rings. The molecule has 0 aliphatic carbocycles. The highest BCUT2D eigenvalue weighted by atomic mass is 35.5. The summed E-state index contributed by atoms with van der Waals surface area (Å²) in [6.45, 7) is 7.81. The number of nitrogen functional groups attached to an aromatic ring is 1. The van der Waals surface area contributed by atoms with Gasteiger partial charge >= 0.3 is 21.5 Å². The number of anilines is 1. The summed E-state index contributed by atoms with van der Waals surface area (Å²) in [5.41, 5.74) is 5.40. The zero-order valence-corrected chi connectivity index (χ0v) is 34.6. The van der Waals surface area contributed by atoms with Gasteiger partial charge in [0.1, 0.15) is 35.6 Å². The van der Waals surface area contributed by atoms with Gasteiger partial charge in [-0.05, 0) is 61.5 Å². The molecule has 5 N–H and O–H groups in total. The highest BCUT2D eigenvalue weighted by molar-refractivity contribution is 7.63. The number of aliphatic hydroxyl groups excluding tert-OH is 1. The van der Waals surface area contributed by atoms with Crippen molar-refractivity contribution in [2.45, 2.75) is 70.9 Å². The first-order chi connectivity index (χ1) is 27.5. The van der Waals surface area contributed by atoms with Crippen molar-refractivity contribution in [1.82, 2.24) is 29.5 Å². The van der Waals surface area contributed by atoms with E-state index < -0.39 is 58.3 Å². The third-order valence-electron chi connectivity index (χ3n) is 9.51. The Morgan fingerprint density at radius 1 is 1.09 bits per heavy atom. The zero-order chi connectivity index (χ0) is 41.8. The van der Waals surface area contributed by atoms with Crippen LogP contribution in [0.2, 0.25) is 5.28 Å². The van der Waals surface area contributed by atoms with Gasteiger partial charge in [-0.2, -0.15) is 19.4 Å². The monoisotopic (exact) mass is 863 g/mol. The van der Waals surface area contributed by atoms with Crippen LogP contribution in [0.4, 0.5) is 10.2 Å². The van der Waals surface area contributed by atoms with Crippen LogP contribution in [0.25, 0.3) is 21.9 Å². The molecule has 6 atom stereocenters. The van der Waals surface area contributed by atoms with Gasteiger partial charge in [-0.25, -0.2) is 18.5 Å². The fourth-order valence-electron chi connectivity index (χ4n) is 6.37. The summed E-state index contributed by atoms with van der Waals surface area (Å²) in [5.74, 6) is -0.891. The molecule has 0 amide bonds. The Morgan fingerprint density at radius 3 is 2.52 bits per heavy atom. The Balaban J connectivity index is 1.27. The summed E-state index contributed by atoms with van der Waals surface area (Å²) in [6.07, 6.45) is -5.51. The van der Waals surface area contributed by atoms with Crippen LogP contribution in [0.15, 0.2) is 73.1 Å². The number of nitrogens with two attached hydrogens (primary N) is 1. The molecule has 1 saturated heterocycles. The molecule has 3 heterocycles. The fourth-order valence-corrected chi connectivity index (χ4v) is 9.73. The number of carbonyl (C=O) groups is 1. The summed E-state index contributed by atoms with van der Waals surface area (Å²) in [7, 11) is -10.6. The summed E-state index contributed by atoms with van der Waals surface area (Å²) >= 11 is 5.95. The Kier molecular flexibility index (Phi) is 13.5. The van der Waals surface area contributed by atoms with Crippen molar-refractivity contribution in [3.05, 3.63) is 89.5 Å². The van der Waals surface area contributed by atoms with Crippen LogP contribution < -0.4 is 15.3 Å². The maximum absolute atomic E-state index is 15.5. The van der Waals surface area contributed by atoms with Crippen molar-refractivity contribution in [2.75, 3.05) is 32.0 Å². The molecular weight excluding hydrogens is 819 g/mol. The van der Waals surface area contributed by atoms with Gasteiger partial charge in [-0.1, -0.05) is 80.6 Å². The number of aliphatic hydroxyl groups is 1. The quantitative estimate of drug-likeness (QED) is 0.0442. The Hall–Kier alpha value is -4.06. The predicted octanol–water partition coefficient (Wildman–Crippen LogP) is 6.13. The van der Waals surface area contributed by atoms with Crippen LogP contribution >= 0.6 is 27.2 Å². The number of hydrogen-bond donors (Lipinski definition) is 4. The average molecular weight is 864 g/mol. The van der Waals surface area contributed by atoms with Gasteiger partial charge in [0.25, 0.3) is 0 Å². The van der Waals surface area contributed by atoms with Gasteiger partial charge in [0, 0.05) is 11.9 Å². The first kappa shape index (κ1) is 43.5. The maximum atomic E-state index is 15.5. The minimum absolute atomic E-state index is 0.00838. The number of likely N-dealkylation sites (N-methyl/N-ethyl adjacent to an activating group) is 1. The minimum Gasteiger partial charge on any atom is -0.459 e. The van der Waals surface area contributed by atoms with E-state index in [0.717, 1.165) is 24.0 Å². The first-order valence-corrected chi connectivity index (χ1v) is 21.8. The second-order valence-electron chi connectivity index (χ2n) is 14.0. The van der Waals surface area contributed by atoms with Crippen LogP contribution in [-0.2, 0) is 45.3 Å². The van der Waals surface area contributed by atoms with Crippen molar-refractivity contribution < 1.29 is 51.1 Å². The number of hydrogen-bond acceptors (Lipinski definition) is 14. The van der Waals surface area contributed by atoms with Crippen molar-refractivity contribution >= 4 is 60.9 Å². The van der Waals surface area contributed by atoms with Gasteiger partial charge in [0.2, 0.25) is 5.28 Å². The number of phosphoric acid groups is 1. The molecule has 58 heavy (non-hydrogen) atoms. The maximum Gasteiger partial charge on any atom is 0.481 e. The van der Waals surface area contributed by atoms with E-state index in [9.17, 15) is 23.9 Å². The molecular formula is C37H45ClFN7O10P2. The lowest BCUT2D eigenvalue weighted by atomic mass is 10.0. The number of alkyl halides is 1. The molecule has 6 rings (SSSR count). The van der Waals surface area contributed by atoms with Gasteiger partial charge < -0.3 is 34.6 Å². The van der Waals surface area contributed by atoms with Crippen molar-refractivity contribution in [3.63, 3.8) is 0 Å². The Bertz CT molecular complexity index is 2340. The molecule has 312 valence electrons. The van der Waals surface area contributed by atoms with Gasteiger partial charge in [-0.3, -0.25) is 13.9 Å². The SMILES string of the molecule is CCN(CC)CCc1ccc2ccccc2c1OP(=O)(NC(C)(C)C(=O)OCc1ccccc1)OP(=O)(O)OC[C@H]1O[C@@H](n2cnc3c(N)nc(Cl)nc32)C(F)[C@H]1O. The van der Waals surface area contributed by atoms with Crippen LogP contribution in [0, 0.1) is 0 Å². The van der Waals surface area contributed by atoms with Gasteiger partial charge in [-0.15, -0.1) is 0 Å². The molecule has 2 aromatic heterocycles. The number of phosphoric ester groups is 1. The van der Waals surface area contributed by atoms with E-state index in [4.69, 9.17) is 40.2 Å². The minimum atomic E-state index is -5.48. The number of ether oxygens (including phenoxy) is 2. The standard InChI is InChI=1S/C37H45ClFN7O10P2/c1-5-45(6-2)19-18-25-17-16-24-14-10-11-15-26(24)31(25)55-57(49,44-37(3,4)35(48)52-20-23-12-8-7-9-13-23)56-58(50,51)53-21-27-30(47)28(39)34(54-27)46-22-41-29-32(40)42-36(38)43-33(29)46/h7-17,22,27-28,30,34,47H,5-6,18-21H2,1-4H3,(H,44,49)(H,50,51)(H2,40,42,43)/t27-,28?,30+,34-,57?/m1/s1. The third kappa shape index (κ3) is 10.0. The summed E-state index contributed by atoms with van der Waals surface area (Å²) in [4.78, 5) is 38.7. The Morgan fingerprint density at radius 2 is 1.79 bits per heavy atom. The van der Waals surface area contributed by atoms with E-state index in [2.05, 4.69) is 24.9 Å². The number of carbonyl (C=O) groups excluding carboxylic acids is 1. The number of halogens is 2. The zero-order valence-electron chi connectivity index (χ0n) is 32.1. The molecule has 5 aromatic rings. The topological polar surface area (TPSA) is 223 Å². The van der Waals surface area contributed by atoms with Crippen LogP contribution in [0.3, 0.4) is 0 Å².